The van der Waals surface area contributed by atoms with Crippen molar-refractivity contribution in [2.45, 2.75) is 85.2 Å². The van der Waals surface area contributed by atoms with Crippen LogP contribution in [0.15, 0.2) is 0 Å². The SMILES string of the molecule is CCC1([C@H]2C[C@@H]3CC[C@@]2(C)C3(C)C)CCCC(O)C1. The molecule has 0 heterocycles. The van der Waals surface area contributed by atoms with Crippen LogP contribution in [0.2, 0.25) is 0 Å². The van der Waals surface area contributed by atoms with Gasteiger partial charge >= 0.3 is 0 Å². The monoisotopic (exact) mass is 264 g/mol. The zero-order valence-electron chi connectivity index (χ0n) is 13.3. The minimum atomic E-state index is -0.0282. The number of aliphatic hydroxyl groups excluding tert-OH is 1. The van der Waals surface area contributed by atoms with Gasteiger partial charge in [0.1, 0.15) is 0 Å². The summed E-state index contributed by atoms with van der Waals surface area (Å²) in [7, 11) is 0. The third-order valence-corrected chi connectivity index (χ3v) is 8.09. The molecular weight excluding hydrogens is 232 g/mol. The van der Waals surface area contributed by atoms with Gasteiger partial charge in [-0.25, -0.2) is 0 Å². The molecule has 1 nitrogen and oxygen atoms in total. The minimum Gasteiger partial charge on any atom is -0.393 e. The normalized spacial score (nSPS) is 52.6. The highest BCUT2D eigenvalue weighted by Gasteiger charge is 2.65. The molecule has 0 radical (unpaired) electrons. The van der Waals surface area contributed by atoms with Crippen molar-refractivity contribution < 1.29 is 5.11 Å². The Bertz CT molecular complexity index is 361. The second-order valence-electron chi connectivity index (χ2n) is 8.63. The molecule has 3 fully saturated rings. The predicted octanol–water partition coefficient (Wildman–Crippen LogP) is 4.78. The first-order valence-electron chi connectivity index (χ1n) is 8.54. The molecule has 0 aromatic heterocycles. The maximum Gasteiger partial charge on any atom is 0.0545 e. The van der Waals surface area contributed by atoms with E-state index >= 15 is 0 Å². The van der Waals surface area contributed by atoms with Crippen LogP contribution >= 0.6 is 0 Å². The fourth-order valence-corrected chi connectivity index (χ4v) is 6.38. The summed E-state index contributed by atoms with van der Waals surface area (Å²) in [6.45, 7) is 9.99. The van der Waals surface area contributed by atoms with Gasteiger partial charge in [0, 0.05) is 0 Å². The number of aliphatic hydroxyl groups is 1. The summed E-state index contributed by atoms with van der Waals surface area (Å²) < 4.78 is 0. The van der Waals surface area contributed by atoms with Gasteiger partial charge in [0.05, 0.1) is 6.10 Å². The molecule has 0 aliphatic heterocycles. The molecule has 1 N–H and O–H groups in total. The molecule has 0 spiro atoms. The molecule has 0 saturated heterocycles. The second-order valence-corrected chi connectivity index (χ2v) is 8.63. The Balaban J connectivity index is 1.94. The van der Waals surface area contributed by atoms with Gasteiger partial charge in [-0.3, -0.25) is 0 Å². The van der Waals surface area contributed by atoms with E-state index in [2.05, 4.69) is 27.7 Å². The van der Waals surface area contributed by atoms with Crippen LogP contribution < -0.4 is 0 Å². The van der Waals surface area contributed by atoms with Gasteiger partial charge in [0.25, 0.3) is 0 Å². The Morgan fingerprint density at radius 3 is 2.32 bits per heavy atom. The van der Waals surface area contributed by atoms with Crippen LogP contribution in [0, 0.1) is 28.1 Å². The average molecular weight is 264 g/mol. The molecule has 3 saturated carbocycles. The highest BCUT2D eigenvalue weighted by molar-refractivity contribution is 5.14. The van der Waals surface area contributed by atoms with E-state index in [-0.39, 0.29) is 6.10 Å². The highest BCUT2D eigenvalue weighted by Crippen LogP contribution is 2.73. The summed E-state index contributed by atoms with van der Waals surface area (Å²) in [4.78, 5) is 0. The van der Waals surface area contributed by atoms with Gasteiger partial charge in [0.2, 0.25) is 0 Å². The van der Waals surface area contributed by atoms with Gasteiger partial charge in [-0.1, -0.05) is 40.5 Å². The summed E-state index contributed by atoms with van der Waals surface area (Å²) in [6.07, 6.45) is 10.3. The van der Waals surface area contributed by atoms with Gasteiger partial charge in [-0.05, 0) is 66.6 Å². The van der Waals surface area contributed by atoms with Crippen molar-refractivity contribution in [1.82, 2.24) is 0 Å². The van der Waals surface area contributed by atoms with E-state index < -0.39 is 0 Å². The zero-order chi connectivity index (χ0) is 13.9. The first kappa shape index (κ1) is 13.9. The Hall–Kier alpha value is -0.0400. The molecule has 2 bridgehead atoms. The fourth-order valence-electron chi connectivity index (χ4n) is 6.38. The maximum atomic E-state index is 10.2. The van der Waals surface area contributed by atoms with E-state index in [1.165, 1.54) is 38.5 Å². The van der Waals surface area contributed by atoms with Gasteiger partial charge in [-0.2, -0.15) is 0 Å². The largest absolute Gasteiger partial charge is 0.393 e. The quantitative estimate of drug-likeness (QED) is 0.761. The zero-order valence-corrected chi connectivity index (χ0v) is 13.3. The Morgan fingerprint density at radius 2 is 1.84 bits per heavy atom. The molecular formula is C18H32O. The van der Waals surface area contributed by atoms with Crippen molar-refractivity contribution in [3.05, 3.63) is 0 Å². The van der Waals surface area contributed by atoms with E-state index in [0.29, 0.717) is 16.2 Å². The fraction of sp³-hybridized carbons (Fsp3) is 1.00. The Kier molecular flexibility index (Phi) is 3.10. The lowest BCUT2D eigenvalue weighted by molar-refractivity contribution is -0.0548. The van der Waals surface area contributed by atoms with E-state index in [9.17, 15) is 5.11 Å². The first-order valence-corrected chi connectivity index (χ1v) is 8.54. The van der Waals surface area contributed by atoms with Crippen molar-refractivity contribution in [2.24, 2.45) is 28.1 Å². The van der Waals surface area contributed by atoms with E-state index in [0.717, 1.165) is 24.7 Å². The van der Waals surface area contributed by atoms with Crippen LogP contribution in [0.25, 0.3) is 0 Å². The van der Waals surface area contributed by atoms with Crippen molar-refractivity contribution in [3.8, 4) is 0 Å². The lowest BCUT2D eigenvalue weighted by atomic mass is 9.53. The highest BCUT2D eigenvalue weighted by atomic mass is 16.3. The summed E-state index contributed by atoms with van der Waals surface area (Å²) >= 11 is 0. The second kappa shape index (κ2) is 4.23. The molecule has 1 heteroatoms. The third kappa shape index (κ3) is 1.69. The van der Waals surface area contributed by atoms with E-state index in [4.69, 9.17) is 0 Å². The smallest absolute Gasteiger partial charge is 0.0545 e. The molecule has 2 unspecified atom stereocenters. The summed E-state index contributed by atoms with van der Waals surface area (Å²) in [6, 6.07) is 0. The van der Waals surface area contributed by atoms with Crippen LogP contribution in [0.1, 0.15) is 79.1 Å². The van der Waals surface area contributed by atoms with Crippen LogP contribution in [0.3, 0.4) is 0 Å². The number of rotatable bonds is 2. The average Bonchev–Trinajstić information content (AvgIpc) is 2.71. The van der Waals surface area contributed by atoms with Crippen molar-refractivity contribution in [1.29, 1.82) is 0 Å². The molecule has 3 rings (SSSR count). The van der Waals surface area contributed by atoms with Crippen molar-refractivity contribution in [3.63, 3.8) is 0 Å². The standard InChI is InChI=1S/C18H32O/c1-5-18(9-6-7-14(19)12-18)15-11-13-8-10-17(15,4)16(13,2)3/h13-15,19H,5-12H2,1-4H3/t13-,14?,15-,17+,18?/m0/s1. The van der Waals surface area contributed by atoms with Crippen LogP contribution in [-0.2, 0) is 0 Å². The van der Waals surface area contributed by atoms with Gasteiger partial charge < -0.3 is 5.11 Å². The number of fused-ring (bicyclic) bond motifs is 2. The van der Waals surface area contributed by atoms with Gasteiger partial charge in [0.15, 0.2) is 0 Å². The predicted molar refractivity (Wildman–Crippen MR) is 79.9 cm³/mol. The summed E-state index contributed by atoms with van der Waals surface area (Å²) in [5.41, 5.74) is 1.48. The van der Waals surface area contributed by atoms with Crippen molar-refractivity contribution >= 4 is 0 Å². The molecule has 3 aliphatic rings. The Labute approximate surface area is 119 Å². The summed E-state index contributed by atoms with van der Waals surface area (Å²) in [5.74, 6) is 1.79. The van der Waals surface area contributed by atoms with E-state index in [1.807, 2.05) is 0 Å². The topological polar surface area (TPSA) is 20.2 Å². The summed E-state index contributed by atoms with van der Waals surface area (Å²) in [5, 5.41) is 10.2. The molecule has 0 amide bonds. The van der Waals surface area contributed by atoms with Crippen molar-refractivity contribution in [2.75, 3.05) is 0 Å². The van der Waals surface area contributed by atoms with Crippen LogP contribution in [0.5, 0.6) is 0 Å². The number of hydrogen-bond donors (Lipinski definition) is 1. The Morgan fingerprint density at radius 1 is 1.11 bits per heavy atom. The van der Waals surface area contributed by atoms with Crippen LogP contribution in [-0.4, -0.2) is 11.2 Å². The molecule has 0 aromatic rings. The molecule has 5 atom stereocenters. The first-order chi connectivity index (χ1) is 8.86. The number of hydrogen-bond acceptors (Lipinski definition) is 1. The molecule has 0 aromatic carbocycles. The van der Waals surface area contributed by atoms with Gasteiger partial charge in [-0.15, -0.1) is 0 Å². The minimum absolute atomic E-state index is 0.0282. The lowest BCUT2D eigenvalue weighted by Crippen LogP contribution is -2.45. The molecule has 19 heavy (non-hydrogen) atoms. The molecule has 110 valence electrons. The third-order valence-electron chi connectivity index (χ3n) is 8.09. The maximum absolute atomic E-state index is 10.2. The van der Waals surface area contributed by atoms with E-state index in [1.54, 1.807) is 0 Å². The lowest BCUT2D eigenvalue weighted by Gasteiger charge is -2.52. The van der Waals surface area contributed by atoms with Crippen LogP contribution in [0.4, 0.5) is 0 Å². The molecule has 3 aliphatic carbocycles.